The van der Waals surface area contributed by atoms with Crippen LogP contribution in [0.15, 0.2) is 36.7 Å². The second kappa shape index (κ2) is 4.97. The van der Waals surface area contributed by atoms with E-state index < -0.39 is 0 Å². The molecule has 4 rings (SSSR count). The third-order valence-corrected chi connectivity index (χ3v) is 5.13. The monoisotopic (exact) mass is 315 g/mol. The van der Waals surface area contributed by atoms with E-state index in [-0.39, 0.29) is 6.04 Å². The Hall–Kier alpha value is -1.65. The number of hydrogen-bond acceptors (Lipinski definition) is 3. The van der Waals surface area contributed by atoms with E-state index in [9.17, 15) is 0 Å². The Balaban J connectivity index is 1.59. The summed E-state index contributed by atoms with van der Waals surface area (Å²) < 4.78 is 1.91. The number of hydrogen-bond donors (Lipinski definition) is 0. The largest absolute Gasteiger partial charge is 0.268 e. The molecule has 0 saturated carbocycles. The Labute approximate surface area is 132 Å². The highest BCUT2D eigenvalue weighted by Crippen LogP contribution is 2.39. The minimum atomic E-state index is 0.263. The lowest BCUT2D eigenvalue weighted by atomic mass is 10.1. The predicted octanol–water partition coefficient (Wildman–Crippen LogP) is 4.37. The van der Waals surface area contributed by atoms with Crippen molar-refractivity contribution in [2.45, 2.75) is 25.8 Å². The van der Waals surface area contributed by atoms with Gasteiger partial charge in [-0.25, -0.2) is 4.98 Å². The molecule has 1 aliphatic carbocycles. The second-order valence-corrected chi connectivity index (χ2v) is 7.01. The van der Waals surface area contributed by atoms with Gasteiger partial charge in [0.1, 0.15) is 0 Å². The zero-order chi connectivity index (χ0) is 14.4. The van der Waals surface area contributed by atoms with Gasteiger partial charge in [-0.2, -0.15) is 5.10 Å². The molecule has 0 saturated heterocycles. The molecule has 0 fully saturated rings. The van der Waals surface area contributed by atoms with Gasteiger partial charge in [0.15, 0.2) is 0 Å². The van der Waals surface area contributed by atoms with E-state index in [4.69, 9.17) is 16.6 Å². The van der Waals surface area contributed by atoms with Crippen LogP contribution in [0.4, 0.5) is 0 Å². The molecule has 1 unspecified atom stereocenters. The molecule has 0 N–H and O–H groups in total. The van der Waals surface area contributed by atoms with Gasteiger partial charge < -0.3 is 0 Å². The summed E-state index contributed by atoms with van der Waals surface area (Å²) in [6, 6.07) is 8.80. The average molecular weight is 316 g/mol. The minimum absolute atomic E-state index is 0.263. The zero-order valence-electron chi connectivity index (χ0n) is 11.6. The van der Waals surface area contributed by atoms with Crippen LogP contribution in [0.25, 0.3) is 11.3 Å². The molecule has 21 heavy (non-hydrogen) atoms. The summed E-state index contributed by atoms with van der Waals surface area (Å²) in [5.74, 6) is 0. The van der Waals surface area contributed by atoms with Crippen molar-refractivity contribution in [3.8, 4) is 11.3 Å². The van der Waals surface area contributed by atoms with Gasteiger partial charge in [-0.3, -0.25) is 4.68 Å². The molecular formula is C16H14ClN3S. The summed E-state index contributed by atoms with van der Waals surface area (Å²) in [5.41, 5.74) is 3.87. The fourth-order valence-corrected chi connectivity index (χ4v) is 4.17. The molecule has 1 atom stereocenters. The molecule has 3 aromatic rings. The van der Waals surface area contributed by atoms with Gasteiger partial charge in [0.2, 0.25) is 0 Å². The second-order valence-electron chi connectivity index (χ2n) is 5.41. The van der Waals surface area contributed by atoms with Crippen molar-refractivity contribution < 1.29 is 0 Å². The molecule has 0 aliphatic heterocycles. The van der Waals surface area contributed by atoms with E-state index in [0.717, 1.165) is 12.8 Å². The van der Waals surface area contributed by atoms with Crippen molar-refractivity contribution in [3.63, 3.8) is 0 Å². The van der Waals surface area contributed by atoms with E-state index >= 15 is 0 Å². The van der Waals surface area contributed by atoms with Crippen LogP contribution in [0, 0.1) is 0 Å². The van der Waals surface area contributed by atoms with Gasteiger partial charge in [-0.15, -0.1) is 11.3 Å². The molecular weight excluding hydrogens is 302 g/mol. The normalized spacial score (nSPS) is 14.0. The van der Waals surface area contributed by atoms with E-state index in [1.807, 2.05) is 22.2 Å². The molecule has 1 aromatic carbocycles. The number of aromatic nitrogens is 3. The molecule has 3 nitrogen and oxygen atoms in total. The number of thiazole rings is 1. The van der Waals surface area contributed by atoms with Crippen LogP contribution >= 0.6 is 22.9 Å². The quantitative estimate of drug-likeness (QED) is 0.562. The lowest BCUT2D eigenvalue weighted by Crippen LogP contribution is -2.08. The van der Waals surface area contributed by atoms with Crippen molar-refractivity contribution in [2.75, 3.05) is 0 Å². The predicted molar refractivity (Wildman–Crippen MR) is 86.0 cm³/mol. The van der Waals surface area contributed by atoms with Crippen LogP contribution < -0.4 is 0 Å². The van der Waals surface area contributed by atoms with Crippen molar-refractivity contribution in [1.29, 1.82) is 0 Å². The van der Waals surface area contributed by atoms with Crippen LogP contribution in [0.5, 0.6) is 0 Å². The summed E-state index contributed by atoms with van der Waals surface area (Å²) in [6.07, 6.45) is 5.45. The lowest BCUT2D eigenvalue weighted by Gasteiger charge is -2.09. The molecule has 5 heteroatoms. The highest BCUT2D eigenvalue weighted by Gasteiger charge is 2.23. The Bertz CT molecular complexity index is 805. The van der Waals surface area contributed by atoms with E-state index in [1.54, 1.807) is 6.20 Å². The molecule has 0 radical (unpaired) electrons. The fraction of sp³-hybridized carbons (Fsp3) is 0.250. The van der Waals surface area contributed by atoms with Crippen molar-refractivity contribution in [2.24, 2.45) is 0 Å². The summed E-state index contributed by atoms with van der Waals surface area (Å²) in [5, 5.41) is 6.13. The maximum Gasteiger partial charge on any atom is 0.0956 e. The fourth-order valence-electron chi connectivity index (χ4n) is 2.80. The third-order valence-electron chi connectivity index (χ3n) is 3.86. The first kappa shape index (κ1) is 13.0. The van der Waals surface area contributed by atoms with Crippen LogP contribution in [0.3, 0.4) is 0 Å². The van der Waals surface area contributed by atoms with Crippen molar-refractivity contribution in [3.05, 3.63) is 57.1 Å². The summed E-state index contributed by atoms with van der Waals surface area (Å²) >= 11 is 7.75. The molecule has 2 aromatic heterocycles. The Kier molecular flexibility index (Phi) is 3.08. The van der Waals surface area contributed by atoms with Gasteiger partial charge in [0, 0.05) is 29.5 Å². The zero-order valence-corrected chi connectivity index (χ0v) is 13.2. The molecule has 0 spiro atoms. The van der Waals surface area contributed by atoms with Crippen molar-refractivity contribution >= 4 is 22.9 Å². The average Bonchev–Trinajstić information content (AvgIpc) is 3.12. The van der Waals surface area contributed by atoms with Crippen LogP contribution in [-0.4, -0.2) is 14.8 Å². The summed E-state index contributed by atoms with van der Waals surface area (Å²) in [4.78, 5) is 6.23. The molecule has 0 amide bonds. The maximum atomic E-state index is 5.93. The first-order valence-corrected chi connectivity index (χ1v) is 8.16. The highest BCUT2D eigenvalue weighted by molar-refractivity contribution is 7.12. The minimum Gasteiger partial charge on any atom is -0.268 e. The Morgan fingerprint density at radius 2 is 2.24 bits per heavy atom. The number of rotatable bonds is 3. The summed E-state index contributed by atoms with van der Waals surface area (Å²) in [6.45, 7) is 2.14. The van der Waals surface area contributed by atoms with E-state index in [1.165, 1.54) is 26.7 Å². The molecule has 1 aliphatic rings. The number of benzene rings is 1. The van der Waals surface area contributed by atoms with Gasteiger partial charge in [-0.1, -0.05) is 35.9 Å². The lowest BCUT2D eigenvalue weighted by molar-refractivity contribution is 0.488. The standard InChI is InChI=1S/C16H14ClN3S/c1-10(20-9-12(17)8-18-20)6-15-19-16-13-5-3-2-4-11(13)7-14(16)21-15/h2-5,8-10H,6-7H2,1H3. The Morgan fingerprint density at radius 1 is 1.38 bits per heavy atom. The van der Waals surface area contributed by atoms with E-state index in [0.29, 0.717) is 5.02 Å². The van der Waals surface area contributed by atoms with Gasteiger partial charge in [0.05, 0.1) is 28.0 Å². The first-order chi connectivity index (χ1) is 10.2. The molecule has 0 bridgehead atoms. The van der Waals surface area contributed by atoms with Gasteiger partial charge >= 0.3 is 0 Å². The summed E-state index contributed by atoms with van der Waals surface area (Å²) in [7, 11) is 0. The topological polar surface area (TPSA) is 30.7 Å². The van der Waals surface area contributed by atoms with Gasteiger partial charge in [-0.05, 0) is 12.5 Å². The maximum absolute atomic E-state index is 5.93. The Morgan fingerprint density at radius 3 is 3.05 bits per heavy atom. The smallest absolute Gasteiger partial charge is 0.0956 e. The van der Waals surface area contributed by atoms with Crippen molar-refractivity contribution in [1.82, 2.24) is 14.8 Å². The SMILES string of the molecule is CC(Cc1nc2c(s1)Cc1ccccc1-2)n1cc(Cl)cn1. The van der Waals surface area contributed by atoms with Crippen LogP contribution in [0.2, 0.25) is 5.02 Å². The number of halogens is 1. The van der Waals surface area contributed by atoms with Crippen LogP contribution in [0.1, 0.15) is 28.4 Å². The molecule has 2 heterocycles. The van der Waals surface area contributed by atoms with E-state index in [2.05, 4.69) is 36.3 Å². The van der Waals surface area contributed by atoms with Crippen LogP contribution in [-0.2, 0) is 12.8 Å². The van der Waals surface area contributed by atoms with Gasteiger partial charge in [0.25, 0.3) is 0 Å². The number of fused-ring (bicyclic) bond motifs is 3. The number of nitrogens with zero attached hydrogens (tertiary/aromatic N) is 3. The molecule has 106 valence electrons. The third kappa shape index (κ3) is 2.28. The highest BCUT2D eigenvalue weighted by atomic mass is 35.5. The first-order valence-electron chi connectivity index (χ1n) is 6.97.